The average molecular weight is 369 g/mol. The highest BCUT2D eigenvalue weighted by atomic mass is 19.4. The number of nitrogens with zero attached hydrogens (tertiary/aromatic N) is 1. The molecule has 0 saturated heterocycles. The lowest BCUT2D eigenvalue weighted by Gasteiger charge is -2.12. The van der Waals surface area contributed by atoms with E-state index in [-0.39, 0.29) is 12.4 Å². The number of aliphatic hydroxyl groups excluding tert-OH is 1. The zero-order valence-corrected chi connectivity index (χ0v) is 13.7. The molecule has 140 valence electrons. The van der Waals surface area contributed by atoms with Crippen LogP contribution in [0.4, 0.5) is 23.7 Å². The molecule has 2 rings (SSSR count). The largest absolute Gasteiger partial charge is 0.468 e. The minimum absolute atomic E-state index is 0.195. The van der Waals surface area contributed by atoms with Gasteiger partial charge in [0.15, 0.2) is 6.61 Å². The first-order chi connectivity index (χ1) is 12.3. The van der Waals surface area contributed by atoms with Crippen LogP contribution < -0.4 is 15.4 Å². The lowest BCUT2D eigenvalue weighted by atomic mass is 10.1. The van der Waals surface area contributed by atoms with Crippen molar-refractivity contribution in [3.63, 3.8) is 0 Å². The van der Waals surface area contributed by atoms with Crippen molar-refractivity contribution in [2.75, 3.05) is 18.5 Å². The highest BCUT2D eigenvalue weighted by molar-refractivity contribution is 5.88. The van der Waals surface area contributed by atoms with Crippen LogP contribution in [0, 0.1) is 0 Å². The summed E-state index contributed by atoms with van der Waals surface area (Å²) < 4.78 is 40.6. The molecule has 26 heavy (non-hydrogen) atoms. The molecule has 0 fully saturated rings. The number of ether oxygens (including phenoxy) is 1. The number of nitrogens with one attached hydrogen (secondary N) is 2. The molecule has 1 aromatic carbocycles. The Kier molecular flexibility index (Phi) is 6.79. The van der Waals surface area contributed by atoms with E-state index in [0.29, 0.717) is 12.1 Å². The summed E-state index contributed by atoms with van der Waals surface area (Å²) >= 11 is 0. The Morgan fingerprint density at radius 3 is 2.54 bits per heavy atom. The van der Waals surface area contributed by atoms with Crippen LogP contribution in [0.5, 0.6) is 5.88 Å². The third-order valence-corrected chi connectivity index (χ3v) is 3.27. The minimum Gasteiger partial charge on any atom is -0.468 e. The number of hydrogen-bond donors (Lipinski definition) is 3. The van der Waals surface area contributed by atoms with Crippen LogP contribution in [-0.4, -0.2) is 35.4 Å². The fourth-order valence-electron chi connectivity index (χ4n) is 2.03. The topological polar surface area (TPSA) is 83.5 Å². The summed E-state index contributed by atoms with van der Waals surface area (Å²) in [6.45, 7) is -1.20. The molecule has 1 aromatic heterocycles. The molecule has 0 unspecified atom stereocenters. The van der Waals surface area contributed by atoms with Gasteiger partial charge in [0, 0.05) is 12.6 Å². The number of anilines is 1. The fourth-order valence-corrected chi connectivity index (χ4v) is 2.03. The highest BCUT2D eigenvalue weighted by Gasteiger charge is 2.28. The number of aliphatic hydroxyl groups is 1. The van der Waals surface area contributed by atoms with Crippen LogP contribution in [0.3, 0.4) is 0 Å². The van der Waals surface area contributed by atoms with E-state index in [0.717, 1.165) is 5.56 Å². The molecule has 2 amide bonds. The molecule has 1 heterocycles. The molecule has 0 radical (unpaired) electrons. The number of halogens is 3. The number of aromatic nitrogens is 1. The number of pyridine rings is 1. The van der Waals surface area contributed by atoms with E-state index < -0.39 is 24.9 Å². The van der Waals surface area contributed by atoms with Crippen molar-refractivity contribution in [2.45, 2.75) is 18.7 Å². The van der Waals surface area contributed by atoms with E-state index in [1.807, 2.05) is 18.2 Å². The second-order valence-electron chi connectivity index (χ2n) is 5.39. The first kappa shape index (κ1) is 19.5. The summed E-state index contributed by atoms with van der Waals surface area (Å²) in [6.07, 6.45) is -3.62. The molecule has 3 N–H and O–H groups in total. The van der Waals surface area contributed by atoms with E-state index >= 15 is 0 Å². The summed E-state index contributed by atoms with van der Waals surface area (Å²) in [6, 6.07) is 11.1. The second kappa shape index (κ2) is 9.04. The van der Waals surface area contributed by atoms with E-state index in [9.17, 15) is 23.1 Å². The Balaban J connectivity index is 1.72. The molecular formula is C17H18F3N3O3. The molecule has 2 aromatic rings. The van der Waals surface area contributed by atoms with Gasteiger partial charge in [-0.3, -0.25) is 0 Å². The first-order valence-electron chi connectivity index (χ1n) is 7.77. The number of urea groups is 1. The van der Waals surface area contributed by atoms with Gasteiger partial charge in [-0.25, -0.2) is 9.78 Å². The van der Waals surface area contributed by atoms with E-state index in [2.05, 4.69) is 20.4 Å². The zero-order chi connectivity index (χ0) is 19.0. The van der Waals surface area contributed by atoms with Crippen LogP contribution in [0.25, 0.3) is 0 Å². The number of hydrogen-bond acceptors (Lipinski definition) is 4. The summed E-state index contributed by atoms with van der Waals surface area (Å²) in [5.41, 5.74) is 1.05. The molecule has 0 aliphatic rings. The van der Waals surface area contributed by atoms with Crippen LogP contribution in [0.15, 0.2) is 48.7 Å². The Bertz CT molecular complexity index is 694. The molecule has 0 spiro atoms. The quantitative estimate of drug-likeness (QED) is 0.700. The van der Waals surface area contributed by atoms with Gasteiger partial charge < -0.3 is 20.5 Å². The lowest BCUT2D eigenvalue weighted by Crippen LogP contribution is -2.30. The number of carbonyl (C=O) groups is 1. The van der Waals surface area contributed by atoms with E-state index in [1.165, 1.54) is 18.3 Å². The van der Waals surface area contributed by atoms with Gasteiger partial charge in [-0.1, -0.05) is 30.3 Å². The second-order valence-corrected chi connectivity index (χ2v) is 5.39. The van der Waals surface area contributed by atoms with Crippen molar-refractivity contribution in [3.8, 4) is 5.88 Å². The molecule has 6 nitrogen and oxygen atoms in total. The maximum atomic E-state index is 12.0. The van der Waals surface area contributed by atoms with Crippen molar-refractivity contribution in [1.29, 1.82) is 0 Å². The summed E-state index contributed by atoms with van der Waals surface area (Å²) in [7, 11) is 0. The Hall–Kier alpha value is -2.81. The van der Waals surface area contributed by atoms with Gasteiger partial charge in [0.2, 0.25) is 5.88 Å². The predicted molar refractivity (Wildman–Crippen MR) is 88.8 cm³/mol. The van der Waals surface area contributed by atoms with Crippen LogP contribution in [0.2, 0.25) is 0 Å². The van der Waals surface area contributed by atoms with E-state index in [1.54, 1.807) is 12.1 Å². The highest BCUT2D eigenvalue weighted by Crippen LogP contribution is 2.18. The van der Waals surface area contributed by atoms with Crippen molar-refractivity contribution in [2.24, 2.45) is 0 Å². The third-order valence-electron chi connectivity index (χ3n) is 3.27. The van der Waals surface area contributed by atoms with E-state index in [4.69, 9.17) is 0 Å². The monoisotopic (exact) mass is 369 g/mol. The molecule has 9 heteroatoms. The van der Waals surface area contributed by atoms with Gasteiger partial charge in [0.1, 0.15) is 0 Å². The molecule has 1 atom stereocenters. The average Bonchev–Trinajstić information content (AvgIpc) is 2.61. The van der Waals surface area contributed by atoms with Crippen molar-refractivity contribution in [3.05, 3.63) is 54.2 Å². The molecule has 0 aliphatic carbocycles. The lowest BCUT2D eigenvalue weighted by molar-refractivity contribution is -0.154. The molecule has 0 saturated carbocycles. The predicted octanol–water partition coefficient (Wildman–Crippen LogP) is 3.27. The standard InChI is InChI=1S/C17H18F3N3O3/c18-17(19,20)11-26-15-7-6-13(10-22-15)23-16(25)21-9-8-14(24)12-4-2-1-3-5-12/h1-7,10,14,24H,8-9,11H2,(H2,21,23,25)/t14-/m0/s1. The normalized spacial score (nSPS) is 12.3. The Morgan fingerprint density at radius 2 is 1.92 bits per heavy atom. The minimum atomic E-state index is -4.44. The number of carbonyl (C=O) groups excluding carboxylic acids is 1. The van der Waals surface area contributed by atoms with Gasteiger partial charge in [0.05, 0.1) is 18.0 Å². The third kappa shape index (κ3) is 6.98. The van der Waals surface area contributed by atoms with Gasteiger partial charge in [-0.05, 0) is 18.1 Å². The summed E-state index contributed by atoms with van der Waals surface area (Å²) in [5.74, 6) is -0.195. The maximum absolute atomic E-state index is 12.0. The molecule has 0 bridgehead atoms. The van der Waals surface area contributed by atoms with Crippen LogP contribution in [-0.2, 0) is 0 Å². The number of alkyl halides is 3. The number of amides is 2. The van der Waals surface area contributed by atoms with Crippen LogP contribution >= 0.6 is 0 Å². The Morgan fingerprint density at radius 1 is 1.19 bits per heavy atom. The van der Waals surface area contributed by atoms with Gasteiger partial charge in [-0.2, -0.15) is 13.2 Å². The SMILES string of the molecule is O=C(NCC[C@H](O)c1ccccc1)Nc1ccc(OCC(F)(F)F)nc1. The van der Waals surface area contributed by atoms with Gasteiger partial charge in [-0.15, -0.1) is 0 Å². The fraction of sp³-hybridized carbons (Fsp3) is 0.294. The van der Waals surface area contributed by atoms with Gasteiger partial charge in [0.25, 0.3) is 0 Å². The maximum Gasteiger partial charge on any atom is 0.422 e. The number of rotatable bonds is 7. The van der Waals surface area contributed by atoms with Gasteiger partial charge >= 0.3 is 12.2 Å². The molecular weight excluding hydrogens is 351 g/mol. The summed E-state index contributed by atoms with van der Waals surface area (Å²) in [4.78, 5) is 15.4. The number of benzene rings is 1. The Labute approximate surface area is 148 Å². The van der Waals surface area contributed by atoms with Crippen LogP contribution in [0.1, 0.15) is 18.1 Å². The zero-order valence-electron chi connectivity index (χ0n) is 13.7. The first-order valence-corrected chi connectivity index (χ1v) is 7.77. The van der Waals surface area contributed by atoms with Crippen molar-refractivity contribution >= 4 is 11.7 Å². The molecule has 0 aliphatic heterocycles. The van der Waals surface area contributed by atoms with Crippen molar-refractivity contribution in [1.82, 2.24) is 10.3 Å². The smallest absolute Gasteiger partial charge is 0.422 e. The van der Waals surface area contributed by atoms with Crippen molar-refractivity contribution < 1.29 is 27.8 Å². The summed E-state index contributed by atoms with van der Waals surface area (Å²) in [5, 5.41) is 15.0.